The Hall–Kier alpha value is -2.38. The van der Waals surface area contributed by atoms with Crippen LogP contribution in [0.4, 0.5) is 17.3 Å². The minimum Gasteiger partial charge on any atom is -0.378 e. The van der Waals surface area contributed by atoms with Crippen molar-refractivity contribution in [3.05, 3.63) is 22.2 Å². The van der Waals surface area contributed by atoms with Crippen LogP contribution in [0.2, 0.25) is 0 Å². The van der Waals surface area contributed by atoms with Crippen LogP contribution >= 0.6 is 0 Å². The first kappa shape index (κ1) is 12.7. The molecule has 0 bridgehead atoms. The van der Waals surface area contributed by atoms with Crippen LogP contribution in [0.1, 0.15) is 0 Å². The molecule has 0 aromatic carbocycles. The average Bonchev–Trinajstić information content (AvgIpc) is 2.28. The molecule has 0 saturated carbocycles. The predicted octanol–water partition coefficient (Wildman–Crippen LogP) is -0.246. The number of nitro groups is 1. The van der Waals surface area contributed by atoms with Crippen molar-refractivity contribution in [3.63, 3.8) is 0 Å². The fraction of sp³-hybridized carbons (Fsp3) is 0.333. The highest BCUT2D eigenvalue weighted by Gasteiger charge is 2.15. The molecule has 0 unspecified atom stereocenters. The Morgan fingerprint density at radius 3 is 2.76 bits per heavy atom. The maximum atomic E-state index is 11.1. The molecule has 1 aromatic heterocycles. The largest absolute Gasteiger partial charge is 0.378 e. The second kappa shape index (κ2) is 5.10. The first-order valence-electron chi connectivity index (χ1n) is 4.78. The van der Waals surface area contributed by atoms with E-state index in [1.165, 1.54) is 19.2 Å². The number of carbonyl (C=O) groups excluding carboxylic acids is 1. The number of hydrogen-bond donors (Lipinski definition) is 2. The van der Waals surface area contributed by atoms with Crippen molar-refractivity contribution in [2.75, 3.05) is 31.3 Å². The zero-order valence-corrected chi connectivity index (χ0v) is 9.51. The molecule has 92 valence electrons. The minimum absolute atomic E-state index is 0.0980. The molecule has 0 aliphatic heterocycles. The van der Waals surface area contributed by atoms with E-state index in [2.05, 4.69) is 10.3 Å². The number of pyridine rings is 1. The Labute approximate surface area is 97.6 Å². The number of nitrogens with two attached hydrogens (primary N) is 1. The molecule has 1 aromatic rings. The summed E-state index contributed by atoms with van der Waals surface area (Å²) in [6.45, 7) is 0.0980. The summed E-state index contributed by atoms with van der Waals surface area (Å²) in [5.74, 6) is 0.0409. The van der Waals surface area contributed by atoms with Gasteiger partial charge >= 0.3 is 5.69 Å². The van der Waals surface area contributed by atoms with Gasteiger partial charge in [-0.25, -0.2) is 4.98 Å². The smallest absolute Gasteiger partial charge is 0.311 e. The fourth-order valence-corrected chi connectivity index (χ4v) is 1.20. The average molecular weight is 239 g/mol. The van der Waals surface area contributed by atoms with Crippen LogP contribution < -0.4 is 16.0 Å². The highest BCUT2D eigenvalue weighted by molar-refractivity contribution is 5.80. The van der Waals surface area contributed by atoms with Crippen molar-refractivity contribution < 1.29 is 9.72 Å². The summed E-state index contributed by atoms with van der Waals surface area (Å²) in [7, 11) is 3.16. The van der Waals surface area contributed by atoms with Gasteiger partial charge in [-0.1, -0.05) is 0 Å². The molecule has 0 spiro atoms. The van der Waals surface area contributed by atoms with E-state index < -0.39 is 4.92 Å². The van der Waals surface area contributed by atoms with E-state index in [0.29, 0.717) is 5.82 Å². The van der Waals surface area contributed by atoms with E-state index in [0.717, 1.165) is 0 Å². The number of hydrogen-bond acceptors (Lipinski definition) is 6. The molecule has 17 heavy (non-hydrogen) atoms. The van der Waals surface area contributed by atoms with Crippen LogP contribution in [-0.4, -0.2) is 36.5 Å². The molecule has 8 heteroatoms. The minimum atomic E-state index is -0.606. The maximum Gasteiger partial charge on any atom is 0.311 e. The van der Waals surface area contributed by atoms with Gasteiger partial charge < -0.3 is 16.0 Å². The number of anilines is 2. The number of nitrogen functional groups attached to an aromatic ring is 1. The van der Waals surface area contributed by atoms with Gasteiger partial charge in [-0.2, -0.15) is 0 Å². The van der Waals surface area contributed by atoms with Gasteiger partial charge in [0, 0.05) is 20.2 Å². The molecule has 1 heterocycles. The molecule has 8 nitrogen and oxygen atoms in total. The molecule has 3 N–H and O–H groups in total. The summed E-state index contributed by atoms with van der Waals surface area (Å²) in [4.78, 5) is 26.5. The van der Waals surface area contributed by atoms with E-state index >= 15 is 0 Å². The lowest BCUT2D eigenvalue weighted by molar-refractivity contribution is -0.384. The molecule has 0 saturated heterocycles. The number of nitrogens with zero attached hydrogens (tertiary/aromatic N) is 3. The Balaban J connectivity index is 2.89. The van der Waals surface area contributed by atoms with E-state index in [1.54, 1.807) is 11.9 Å². The van der Waals surface area contributed by atoms with Crippen molar-refractivity contribution in [1.82, 2.24) is 10.3 Å². The van der Waals surface area contributed by atoms with Gasteiger partial charge in [0.15, 0.2) is 0 Å². The van der Waals surface area contributed by atoms with Gasteiger partial charge in [0.2, 0.25) is 11.7 Å². The number of nitrogens with one attached hydrogen (secondary N) is 1. The highest BCUT2D eigenvalue weighted by Crippen LogP contribution is 2.22. The zero-order chi connectivity index (χ0) is 13.0. The van der Waals surface area contributed by atoms with E-state index in [9.17, 15) is 14.9 Å². The molecule has 0 radical (unpaired) electrons. The first-order valence-corrected chi connectivity index (χ1v) is 4.78. The van der Waals surface area contributed by atoms with Crippen LogP contribution in [-0.2, 0) is 4.79 Å². The summed E-state index contributed by atoms with van der Waals surface area (Å²) in [5.41, 5.74) is 5.20. The maximum absolute atomic E-state index is 11.1. The third-order valence-corrected chi connectivity index (χ3v) is 2.14. The molecule has 0 aliphatic rings. The molecule has 1 rings (SSSR count). The van der Waals surface area contributed by atoms with Crippen LogP contribution in [0.25, 0.3) is 0 Å². The number of likely N-dealkylation sites (N-methyl/N-ethyl adjacent to an activating group) is 2. The van der Waals surface area contributed by atoms with Crippen LogP contribution in [0.15, 0.2) is 12.1 Å². The zero-order valence-electron chi connectivity index (χ0n) is 9.51. The Morgan fingerprint density at radius 2 is 2.29 bits per heavy atom. The summed E-state index contributed by atoms with van der Waals surface area (Å²) in [5, 5.41) is 13.0. The Bertz CT molecular complexity index is 448. The van der Waals surface area contributed by atoms with Gasteiger partial charge in [-0.15, -0.1) is 0 Å². The lowest BCUT2D eigenvalue weighted by atomic mass is 10.3. The van der Waals surface area contributed by atoms with Crippen molar-refractivity contribution in [3.8, 4) is 0 Å². The second-order valence-corrected chi connectivity index (χ2v) is 3.36. The van der Waals surface area contributed by atoms with Crippen molar-refractivity contribution >= 4 is 23.2 Å². The third-order valence-electron chi connectivity index (χ3n) is 2.14. The molecular weight excluding hydrogens is 226 g/mol. The van der Waals surface area contributed by atoms with Crippen molar-refractivity contribution in [2.45, 2.75) is 0 Å². The van der Waals surface area contributed by atoms with Gasteiger partial charge in [-0.3, -0.25) is 14.9 Å². The van der Waals surface area contributed by atoms with Gasteiger partial charge in [-0.05, 0) is 6.07 Å². The topological polar surface area (TPSA) is 114 Å². The second-order valence-electron chi connectivity index (χ2n) is 3.36. The Morgan fingerprint density at radius 1 is 1.65 bits per heavy atom. The lowest BCUT2D eigenvalue weighted by Gasteiger charge is -2.16. The fourth-order valence-electron chi connectivity index (χ4n) is 1.20. The predicted molar refractivity (Wildman–Crippen MR) is 62.6 cm³/mol. The number of carbonyl (C=O) groups is 1. The number of amides is 1. The molecule has 0 atom stereocenters. The highest BCUT2D eigenvalue weighted by atomic mass is 16.6. The van der Waals surface area contributed by atoms with E-state index in [-0.39, 0.29) is 24.0 Å². The van der Waals surface area contributed by atoms with Crippen LogP contribution in [0, 0.1) is 10.1 Å². The van der Waals surface area contributed by atoms with Crippen LogP contribution in [0.3, 0.4) is 0 Å². The number of rotatable bonds is 4. The quantitative estimate of drug-likeness (QED) is 0.553. The van der Waals surface area contributed by atoms with E-state index in [1.807, 2.05) is 0 Å². The van der Waals surface area contributed by atoms with Gasteiger partial charge in [0.25, 0.3) is 0 Å². The lowest BCUT2D eigenvalue weighted by Crippen LogP contribution is -2.33. The third kappa shape index (κ3) is 3.03. The van der Waals surface area contributed by atoms with Crippen LogP contribution in [0.5, 0.6) is 0 Å². The van der Waals surface area contributed by atoms with E-state index in [4.69, 9.17) is 5.73 Å². The Kier molecular flexibility index (Phi) is 3.81. The van der Waals surface area contributed by atoms with Crippen molar-refractivity contribution in [2.24, 2.45) is 0 Å². The van der Waals surface area contributed by atoms with Gasteiger partial charge in [0.1, 0.15) is 5.82 Å². The molecule has 1 amide bonds. The number of aromatic nitrogens is 1. The normalized spacial score (nSPS) is 9.76. The summed E-state index contributed by atoms with van der Waals surface area (Å²) in [6, 6.07) is 2.70. The first-order chi connectivity index (χ1) is 7.95. The SMILES string of the molecule is CNC(=O)CN(C)c1ccc([N+](=O)[O-])c(N)n1. The summed E-state index contributed by atoms with van der Waals surface area (Å²) < 4.78 is 0. The summed E-state index contributed by atoms with van der Waals surface area (Å²) in [6.07, 6.45) is 0. The molecule has 0 aliphatic carbocycles. The molecular formula is C9H13N5O3. The summed E-state index contributed by atoms with van der Waals surface area (Å²) >= 11 is 0. The van der Waals surface area contributed by atoms with Gasteiger partial charge in [0.05, 0.1) is 11.5 Å². The monoisotopic (exact) mass is 239 g/mol. The standard InChI is InChI=1S/C9H13N5O3/c1-11-8(15)5-13(2)7-4-3-6(14(16)17)9(10)12-7/h3-4H,5H2,1-2H3,(H2,10,12)(H,11,15). The van der Waals surface area contributed by atoms with Crippen molar-refractivity contribution in [1.29, 1.82) is 0 Å². The molecule has 0 fully saturated rings.